The fourth-order valence-electron chi connectivity index (χ4n) is 2.62. The topological polar surface area (TPSA) is 104 Å². The number of thiophene rings is 1. The predicted molar refractivity (Wildman–Crippen MR) is 111 cm³/mol. The van der Waals surface area contributed by atoms with Gasteiger partial charge in [-0.15, -0.1) is 11.3 Å². The molecule has 0 saturated carbocycles. The maximum Gasteiger partial charge on any atom is 0.341 e. The van der Waals surface area contributed by atoms with Gasteiger partial charge in [0, 0.05) is 29.8 Å². The second-order valence-electron chi connectivity index (χ2n) is 5.64. The zero-order valence-electron chi connectivity index (χ0n) is 14.9. The third-order valence-electron chi connectivity index (χ3n) is 3.91. The number of hydrogen-bond donors (Lipinski definition) is 2. The predicted octanol–water partition coefficient (Wildman–Crippen LogP) is 3.63. The lowest BCUT2D eigenvalue weighted by molar-refractivity contribution is 0.0528. The molecule has 28 heavy (non-hydrogen) atoms. The van der Waals surface area contributed by atoms with Crippen LogP contribution >= 0.6 is 11.3 Å². The summed E-state index contributed by atoms with van der Waals surface area (Å²) in [6, 6.07) is 6.89. The van der Waals surface area contributed by atoms with E-state index in [4.69, 9.17) is 15.2 Å². The van der Waals surface area contributed by atoms with E-state index in [2.05, 4.69) is 10.3 Å². The summed E-state index contributed by atoms with van der Waals surface area (Å²) in [7, 11) is 1.57. The van der Waals surface area contributed by atoms with E-state index < -0.39 is 5.97 Å². The number of rotatable bonds is 6. The third-order valence-corrected chi connectivity index (χ3v) is 4.98. The van der Waals surface area contributed by atoms with Crippen LogP contribution in [0.15, 0.2) is 35.8 Å². The van der Waals surface area contributed by atoms with Gasteiger partial charge in [0.25, 0.3) is 5.91 Å². The molecule has 0 saturated heterocycles. The second-order valence-corrected chi connectivity index (χ2v) is 6.52. The van der Waals surface area contributed by atoms with Crippen LogP contribution in [-0.4, -0.2) is 30.5 Å². The Morgan fingerprint density at radius 1 is 1.32 bits per heavy atom. The number of carbonyl (C=O) groups is 2. The highest BCUT2D eigenvalue weighted by atomic mass is 32.1. The Kier molecular flexibility index (Phi) is 6.94. The molecular formula is C20H23N3O4S. The van der Waals surface area contributed by atoms with E-state index in [9.17, 15) is 9.59 Å². The number of nitrogens with one attached hydrogen (secondary N) is 1. The molecule has 3 rings (SSSR count). The summed E-state index contributed by atoms with van der Waals surface area (Å²) in [5, 5.41) is 5.15. The van der Waals surface area contributed by atoms with Crippen molar-refractivity contribution >= 4 is 39.1 Å². The molecule has 0 aliphatic heterocycles. The van der Waals surface area contributed by atoms with Crippen LogP contribution in [0.2, 0.25) is 0 Å². The number of fused-ring (bicyclic) bond motifs is 1. The van der Waals surface area contributed by atoms with Gasteiger partial charge in [-0.3, -0.25) is 4.79 Å². The summed E-state index contributed by atoms with van der Waals surface area (Å²) in [6.07, 6.45) is 1.43. The minimum absolute atomic E-state index is 0. The van der Waals surface area contributed by atoms with Crippen LogP contribution in [0.1, 0.15) is 40.6 Å². The molecule has 148 valence electrons. The maximum atomic E-state index is 12.1. The average Bonchev–Trinajstić information content (AvgIpc) is 3.11. The quantitative estimate of drug-likeness (QED) is 0.611. The van der Waals surface area contributed by atoms with Crippen molar-refractivity contribution in [2.75, 3.05) is 19.4 Å². The summed E-state index contributed by atoms with van der Waals surface area (Å²) >= 11 is 1.39. The molecule has 0 atom stereocenters. The molecule has 3 N–H and O–H groups in total. The molecule has 2 heterocycles. The molecule has 0 unspecified atom stereocenters. The van der Waals surface area contributed by atoms with E-state index >= 15 is 0 Å². The number of ether oxygens (including phenoxy) is 2. The summed E-state index contributed by atoms with van der Waals surface area (Å²) < 4.78 is 11.6. The molecule has 7 nitrogen and oxygen atoms in total. The molecule has 0 spiro atoms. The Hall–Kier alpha value is -3.13. The van der Waals surface area contributed by atoms with Gasteiger partial charge in [0.1, 0.15) is 18.2 Å². The van der Waals surface area contributed by atoms with Gasteiger partial charge in [0.2, 0.25) is 0 Å². The van der Waals surface area contributed by atoms with E-state index in [1.54, 1.807) is 38.2 Å². The molecule has 0 fully saturated rings. The maximum absolute atomic E-state index is 12.1. The molecule has 1 amide bonds. The SMILES string of the molecule is C.CCOC(=O)c1cnc(N)c2c(COc3cccc(C(=O)NC)c3)csc12. The number of amides is 1. The van der Waals surface area contributed by atoms with E-state index in [-0.39, 0.29) is 26.5 Å². The lowest BCUT2D eigenvalue weighted by Crippen LogP contribution is -2.17. The number of aromatic nitrogens is 1. The lowest BCUT2D eigenvalue weighted by Gasteiger charge is -2.09. The molecule has 0 bridgehead atoms. The molecule has 0 aliphatic rings. The number of nitrogens with zero attached hydrogens (tertiary/aromatic N) is 1. The van der Waals surface area contributed by atoms with E-state index in [1.165, 1.54) is 17.5 Å². The first-order valence-electron chi connectivity index (χ1n) is 8.31. The zero-order chi connectivity index (χ0) is 19.4. The van der Waals surface area contributed by atoms with Gasteiger partial charge in [-0.25, -0.2) is 9.78 Å². The van der Waals surface area contributed by atoms with Crippen molar-refractivity contribution in [1.82, 2.24) is 10.3 Å². The molecule has 2 aromatic heterocycles. The number of nitrogens with two attached hydrogens (primary N) is 1. The van der Waals surface area contributed by atoms with Crippen molar-refractivity contribution in [3.63, 3.8) is 0 Å². The molecule has 0 radical (unpaired) electrons. The third kappa shape index (κ3) is 4.23. The molecule has 8 heteroatoms. The monoisotopic (exact) mass is 401 g/mol. The van der Waals surface area contributed by atoms with Crippen molar-refractivity contribution in [3.05, 3.63) is 52.5 Å². The van der Waals surface area contributed by atoms with Crippen molar-refractivity contribution in [1.29, 1.82) is 0 Å². The highest BCUT2D eigenvalue weighted by Crippen LogP contribution is 2.33. The summed E-state index contributed by atoms with van der Waals surface area (Å²) in [6.45, 7) is 2.27. The Morgan fingerprint density at radius 3 is 2.82 bits per heavy atom. The van der Waals surface area contributed by atoms with Crippen LogP contribution in [0.25, 0.3) is 10.1 Å². The van der Waals surface area contributed by atoms with Crippen LogP contribution in [0, 0.1) is 0 Å². The number of carbonyl (C=O) groups excluding carboxylic acids is 2. The first-order valence-corrected chi connectivity index (χ1v) is 9.19. The van der Waals surface area contributed by atoms with Gasteiger partial charge in [-0.2, -0.15) is 0 Å². The minimum Gasteiger partial charge on any atom is -0.489 e. The largest absolute Gasteiger partial charge is 0.489 e. The van der Waals surface area contributed by atoms with E-state index in [0.29, 0.717) is 28.1 Å². The van der Waals surface area contributed by atoms with Gasteiger partial charge in [-0.1, -0.05) is 13.5 Å². The summed E-state index contributed by atoms with van der Waals surface area (Å²) in [5.41, 5.74) is 7.74. The molecule has 1 aromatic carbocycles. The Labute approximate surface area is 167 Å². The smallest absolute Gasteiger partial charge is 0.341 e. The number of esters is 1. The minimum atomic E-state index is -0.428. The highest BCUT2D eigenvalue weighted by molar-refractivity contribution is 7.17. The normalized spacial score (nSPS) is 10.2. The zero-order valence-corrected chi connectivity index (χ0v) is 15.8. The fourth-order valence-corrected chi connectivity index (χ4v) is 3.69. The van der Waals surface area contributed by atoms with Crippen LogP contribution < -0.4 is 15.8 Å². The van der Waals surface area contributed by atoms with Crippen molar-refractivity contribution in [3.8, 4) is 5.75 Å². The Morgan fingerprint density at radius 2 is 2.11 bits per heavy atom. The van der Waals surface area contributed by atoms with Gasteiger partial charge in [0.15, 0.2) is 0 Å². The van der Waals surface area contributed by atoms with E-state index in [1.807, 2.05) is 5.38 Å². The van der Waals surface area contributed by atoms with Crippen molar-refractivity contribution in [2.24, 2.45) is 0 Å². The van der Waals surface area contributed by atoms with Crippen LogP contribution in [0.3, 0.4) is 0 Å². The van der Waals surface area contributed by atoms with E-state index in [0.717, 1.165) is 10.3 Å². The summed E-state index contributed by atoms with van der Waals surface area (Å²) in [5.74, 6) is 0.275. The van der Waals surface area contributed by atoms with Crippen LogP contribution in [0.4, 0.5) is 5.82 Å². The fraction of sp³-hybridized carbons (Fsp3) is 0.250. The molecule has 3 aromatic rings. The molecular weight excluding hydrogens is 378 g/mol. The average molecular weight is 401 g/mol. The highest BCUT2D eigenvalue weighted by Gasteiger charge is 2.18. The Bertz CT molecular complexity index is 1000. The van der Waals surface area contributed by atoms with Gasteiger partial charge in [0.05, 0.1) is 16.9 Å². The standard InChI is InChI=1S/C19H19N3O4S.CH4/c1-3-25-19(24)14-8-22-17(20)15-12(10-27-16(14)15)9-26-13-6-4-5-11(7-13)18(23)21-2;/h4-8,10H,3,9H2,1-2H3,(H2,20,22)(H,21,23);1H4. The number of anilines is 1. The van der Waals surface area contributed by atoms with Crippen LogP contribution in [-0.2, 0) is 11.3 Å². The van der Waals surface area contributed by atoms with Gasteiger partial charge >= 0.3 is 5.97 Å². The number of nitrogen functional groups attached to an aromatic ring is 1. The first kappa shape index (κ1) is 21.2. The second kappa shape index (κ2) is 9.18. The number of hydrogen-bond acceptors (Lipinski definition) is 7. The van der Waals surface area contributed by atoms with Gasteiger partial charge in [-0.05, 0) is 30.5 Å². The van der Waals surface area contributed by atoms with Crippen molar-refractivity contribution < 1.29 is 19.1 Å². The molecule has 0 aliphatic carbocycles. The van der Waals surface area contributed by atoms with Crippen LogP contribution in [0.5, 0.6) is 5.75 Å². The Balaban J connectivity index is 0.00000280. The summed E-state index contributed by atoms with van der Waals surface area (Å²) in [4.78, 5) is 28.0. The van der Waals surface area contributed by atoms with Gasteiger partial charge < -0.3 is 20.5 Å². The number of benzene rings is 1. The number of pyridine rings is 1. The lowest BCUT2D eigenvalue weighted by atomic mass is 10.1. The van der Waals surface area contributed by atoms with Crippen molar-refractivity contribution in [2.45, 2.75) is 21.0 Å². The first-order chi connectivity index (χ1) is 13.0.